The van der Waals surface area contributed by atoms with Crippen molar-refractivity contribution in [2.75, 3.05) is 5.32 Å². The highest BCUT2D eigenvalue weighted by molar-refractivity contribution is 7.09. The van der Waals surface area contributed by atoms with Gasteiger partial charge in [-0.3, -0.25) is 4.79 Å². The summed E-state index contributed by atoms with van der Waals surface area (Å²) in [6, 6.07) is 20.1. The molecule has 0 aliphatic heterocycles. The second kappa shape index (κ2) is 10.6. The fourth-order valence-electron chi connectivity index (χ4n) is 2.92. The average Bonchev–Trinajstić information content (AvgIpc) is 3.48. The molecule has 2 aromatic heterocycles. The summed E-state index contributed by atoms with van der Waals surface area (Å²) in [5.74, 6) is 0.575. The molecule has 0 saturated heterocycles. The van der Waals surface area contributed by atoms with Crippen molar-refractivity contribution in [2.24, 2.45) is 0 Å². The van der Waals surface area contributed by atoms with E-state index in [1.165, 1.54) is 11.3 Å². The summed E-state index contributed by atoms with van der Waals surface area (Å²) in [4.78, 5) is 28.9. The first kappa shape index (κ1) is 22.3. The van der Waals surface area contributed by atoms with E-state index >= 15 is 0 Å². The Balaban J connectivity index is 1.23. The van der Waals surface area contributed by atoms with Gasteiger partial charge in [-0.2, -0.15) is 0 Å². The monoisotopic (exact) mass is 462 g/mol. The Hall–Kier alpha value is -3.91. The van der Waals surface area contributed by atoms with Crippen LogP contribution in [0, 0.1) is 6.92 Å². The Morgan fingerprint density at radius 2 is 1.79 bits per heavy atom. The highest BCUT2D eigenvalue weighted by atomic mass is 32.1. The van der Waals surface area contributed by atoms with Gasteiger partial charge in [0.05, 0.1) is 12.1 Å². The number of ether oxygens (including phenoxy) is 2. The van der Waals surface area contributed by atoms with Crippen LogP contribution in [-0.4, -0.2) is 16.9 Å². The predicted molar refractivity (Wildman–Crippen MR) is 124 cm³/mol. The minimum absolute atomic E-state index is 0.00847. The van der Waals surface area contributed by atoms with Crippen LogP contribution in [0.5, 0.6) is 5.75 Å². The number of esters is 1. The minimum atomic E-state index is -0.590. The fraction of sp³-hybridized carbons (Fsp3) is 0.160. The molecule has 8 heteroatoms. The standard InChI is InChI=1S/C25H22N2O5S/c1-17-7-9-18(10-8-17)26-23(28)13-24-27-19(16-33-24)14-31-25(29)22-12-11-21(32-22)15-30-20-5-3-2-4-6-20/h2-12,16H,13-15H2,1H3,(H,26,28). The Kier molecular flexibility index (Phi) is 7.16. The molecule has 2 aromatic carbocycles. The largest absolute Gasteiger partial charge is 0.486 e. The number of aromatic nitrogens is 1. The predicted octanol–water partition coefficient (Wildman–Crippen LogP) is 5.16. The van der Waals surface area contributed by atoms with Gasteiger partial charge in [-0.1, -0.05) is 35.9 Å². The van der Waals surface area contributed by atoms with Gasteiger partial charge < -0.3 is 19.2 Å². The summed E-state index contributed by atoms with van der Waals surface area (Å²) in [5, 5.41) is 5.25. The Labute approximate surface area is 195 Å². The molecule has 0 atom stereocenters. The number of nitrogens with zero attached hydrogens (tertiary/aromatic N) is 1. The number of amides is 1. The maximum Gasteiger partial charge on any atom is 0.374 e. The van der Waals surface area contributed by atoms with E-state index in [0.29, 0.717) is 22.2 Å². The first-order valence-electron chi connectivity index (χ1n) is 10.3. The SMILES string of the molecule is Cc1ccc(NC(=O)Cc2nc(COC(=O)c3ccc(COc4ccccc4)o3)cs2)cc1. The number of rotatable bonds is 9. The highest BCUT2D eigenvalue weighted by Gasteiger charge is 2.15. The molecule has 33 heavy (non-hydrogen) atoms. The molecular formula is C25H22N2O5S. The molecule has 0 saturated carbocycles. The number of carbonyl (C=O) groups excluding carboxylic acids is 2. The van der Waals surface area contributed by atoms with E-state index < -0.39 is 5.97 Å². The van der Waals surface area contributed by atoms with Gasteiger partial charge in [-0.25, -0.2) is 9.78 Å². The lowest BCUT2D eigenvalue weighted by Gasteiger charge is -2.04. The van der Waals surface area contributed by atoms with Gasteiger partial charge >= 0.3 is 5.97 Å². The highest BCUT2D eigenvalue weighted by Crippen LogP contribution is 2.17. The molecule has 0 aliphatic carbocycles. The smallest absolute Gasteiger partial charge is 0.374 e. The van der Waals surface area contributed by atoms with E-state index in [0.717, 1.165) is 11.3 Å². The van der Waals surface area contributed by atoms with E-state index in [-0.39, 0.29) is 31.3 Å². The van der Waals surface area contributed by atoms with Crippen molar-refractivity contribution >= 4 is 28.9 Å². The van der Waals surface area contributed by atoms with Crippen LogP contribution in [0.4, 0.5) is 5.69 Å². The molecule has 0 fully saturated rings. The molecule has 4 rings (SSSR count). The summed E-state index contributed by atoms with van der Waals surface area (Å²) in [7, 11) is 0. The topological polar surface area (TPSA) is 90.7 Å². The molecule has 1 amide bonds. The maximum absolute atomic E-state index is 12.3. The van der Waals surface area contributed by atoms with Crippen LogP contribution in [0.25, 0.3) is 0 Å². The number of hydrogen-bond acceptors (Lipinski definition) is 7. The van der Waals surface area contributed by atoms with Crippen LogP contribution in [0.15, 0.2) is 76.5 Å². The first-order valence-corrected chi connectivity index (χ1v) is 11.2. The molecule has 2 heterocycles. The van der Waals surface area contributed by atoms with Crippen molar-refractivity contribution in [3.63, 3.8) is 0 Å². The zero-order valence-corrected chi connectivity index (χ0v) is 18.8. The molecule has 0 radical (unpaired) electrons. The van der Waals surface area contributed by atoms with Gasteiger partial charge in [-0.15, -0.1) is 11.3 Å². The molecule has 7 nitrogen and oxygen atoms in total. The summed E-state index contributed by atoms with van der Waals surface area (Å²) in [6.07, 6.45) is 0.148. The van der Waals surface area contributed by atoms with Crippen LogP contribution in [0.2, 0.25) is 0 Å². The lowest BCUT2D eigenvalue weighted by molar-refractivity contribution is -0.115. The number of hydrogen-bond donors (Lipinski definition) is 1. The van der Waals surface area contributed by atoms with Crippen molar-refractivity contribution in [3.8, 4) is 5.75 Å². The summed E-state index contributed by atoms with van der Waals surface area (Å²) in [5.41, 5.74) is 2.44. The molecule has 0 bridgehead atoms. The van der Waals surface area contributed by atoms with Crippen molar-refractivity contribution in [3.05, 3.63) is 99.9 Å². The van der Waals surface area contributed by atoms with Crippen LogP contribution < -0.4 is 10.1 Å². The van der Waals surface area contributed by atoms with Crippen molar-refractivity contribution < 1.29 is 23.5 Å². The number of aryl methyl sites for hydroxylation is 1. The van der Waals surface area contributed by atoms with Crippen LogP contribution >= 0.6 is 11.3 Å². The van der Waals surface area contributed by atoms with Gasteiger partial charge in [0.1, 0.15) is 29.7 Å². The maximum atomic E-state index is 12.3. The van der Waals surface area contributed by atoms with Crippen LogP contribution in [0.1, 0.15) is 32.6 Å². The number of thiazole rings is 1. The lowest BCUT2D eigenvalue weighted by atomic mass is 10.2. The third kappa shape index (κ3) is 6.54. The number of para-hydroxylation sites is 1. The molecule has 4 aromatic rings. The lowest BCUT2D eigenvalue weighted by Crippen LogP contribution is -2.14. The van der Waals surface area contributed by atoms with Crippen molar-refractivity contribution in [1.29, 1.82) is 0 Å². The average molecular weight is 463 g/mol. The third-order valence-corrected chi connectivity index (χ3v) is 5.48. The number of benzene rings is 2. The summed E-state index contributed by atoms with van der Waals surface area (Å²) in [6.45, 7) is 2.18. The Bertz CT molecular complexity index is 1220. The van der Waals surface area contributed by atoms with Crippen LogP contribution in [-0.2, 0) is 29.2 Å². The second-order valence-corrected chi connectivity index (χ2v) is 8.21. The minimum Gasteiger partial charge on any atom is -0.486 e. The summed E-state index contributed by atoms with van der Waals surface area (Å²) >= 11 is 1.34. The quantitative estimate of drug-likeness (QED) is 0.346. The fourth-order valence-corrected chi connectivity index (χ4v) is 3.70. The Morgan fingerprint density at radius 3 is 2.58 bits per heavy atom. The zero-order valence-electron chi connectivity index (χ0n) is 17.9. The van der Waals surface area contributed by atoms with Gasteiger partial charge in [0, 0.05) is 11.1 Å². The van der Waals surface area contributed by atoms with Gasteiger partial charge in [-0.05, 0) is 43.3 Å². The number of nitrogens with one attached hydrogen (secondary N) is 1. The van der Waals surface area contributed by atoms with E-state index in [4.69, 9.17) is 13.9 Å². The number of furan rings is 1. The van der Waals surface area contributed by atoms with Gasteiger partial charge in [0.15, 0.2) is 0 Å². The van der Waals surface area contributed by atoms with Crippen LogP contribution in [0.3, 0.4) is 0 Å². The molecule has 0 aliphatic rings. The number of carbonyl (C=O) groups is 2. The summed E-state index contributed by atoms with van der Waals surface area (Å²) < 4.78 is 16.4. The van der Waals surface area contributed by atoms with Crippen molar-refractivity contribution in [1.82, 2.24) is 4.98 Å². The Morgan fingerprint density at radius 1 is 1.00 bits per heavy atom. The molecule has 1 N–H and O–H groups in total. The van der Waals surface area contributed by atoms with E-state index in [1.54, 1.807) is 17.5 Å². The van der Waals surface area contributed by atoms with Gasteiger partial charge in [0.25, 0.3) is 0 Å². The molecular weight excluding hydrogens is 440 g/mol. The first-order chi connectivity index (χ1) is 16.0. The number of anilines is 1. The van der Waals surface area contributed by atoms with E-state index in [2.05, 4.69) is 10.3 Å². The second-order valence-electron chi connectivity index (χ2n) is 7.27. The molecule has 0 unspecified atom stereocenters. The van der Waals surface area contributed by atoms with Gasteiger partial charge in [0.2, 0.25) is 11.7 Å². The molecule has 168 valence electrons. The van der Waals surface area contributed by atoms with Crippen molar-refractivity contribution in [2.45, 2.75) is 26.6 Å². The normalized spacial score (nSPS) is 10.6. The zero-order chi connectivity index (χ0) is 23.0. The molecule has 0 spiro atoms. The van der Waals surface area contributed by atoms with E-state index in [1.807, 2.05) is 61.5 Å². The third-order valence-electron chi connectivity index (χ3n) is 4.58. The van der Waals surface area contributed by atoms with E-state index in [9.17, 15) is 9.59 Å².